The number of rotatable bonds is 3. The van der Waals surface area contributed by atoms with E-state index >= 15 is 0 Å². The van der Waals surface area contributed by atoms with Gasteiger partial charge in [-0.1, -0.05) is 23.7 Å². The SMILES string of the molecule is Cc1ccc(Cl)c(Oc2ccc([C@@H](C)O)cc2F)c1. The van der Waals surface area contributed by atoms with Gasteiger partial charge in [0.2, 0.25) is 0 Å². The molecular formula is C15H14ClFO2. The molecule has 0 aliphatic rings. The van der Waals surface area contributed by atoms with Crippen molar-refractivity contribution in [1.29, 1.82) is 0 Å². The number of hydrogen-bond acceptors (Lipinski definition) is 2. The fraction of sp³-hybridized carbons (Fsp3) is 0.200. The Bertz CT molecular complexity index is 597. The van der Waals surface area contributed by atoms with E-state index in [1.54, 1.807) is 25.1 Å². The van der Waals surface area contributed by atoms with E-state index in [1.165, 1.54) is 12.1 Å². The van der Waals surface area contributed by atoms with E-state index in [9.17, 15) is 9.50 Å². The van der Waals surface area contributed by atoms with Crippen LogP contribution in [0.25, 0.3) is 0 Å². The highest BCUT2D eigenvalue weighted by atomic mass is 35.5. The standard InChI is InChI=1S/C15H14ClFO2/c1-9-3-5-12(16)15(7-9)19-14-6-4-11(10(2)18)8-13(14)17/h3-8,10,18H,1-2H3/t10-/m1/s1. The molecule has 2 aromatic carbocycles. The maximum atomic E-state index is 13.8. The maximum Gasteiger partial charge on any atom is 0.166 e. The van der Waals surface area contributed by atoms with Crippen LogP contribution in [-0.2, 0) is 0 Å². The smallest absolute Gasteiger partial charge is 0.166 e. The van der Waals surface area contributed by atoms with Gasteiger partial charge in [0.15, 0.2) is 11.6 Å². The first kappa shape index (κ1) is 13.8. The van der Waals surface area contributed by atoms with Crippen LogP contribution in [0.5, 0.6) is 11.5 Å². The van der Waals surface area contributed by atoms with Crippen molar-refractivity contribution < 1.29 is 14.2 Å². The van der Waals surface area contributed by atoms with Gasteiger partial charge in [0.05, 0.1) is 11.1 Å². The Labute approximate surface area is 116 Å². The van der Waals surface area contributed by atoms with Gasteiger partial charge >= 0.3 is 0 Å². The molecule has 0 saturated heterocycles. The van der Waals surface area contributed by atoms with E-state index in [0.29, 0.717) is 16.3 Å². The first-order valence-electron chi connectivity index (χ1n) is 5.89. The van der Waals surface area contributed by atoms with Crippen LogP contribution < -0.4 is 4.74 Å². The molecule has 0 heterocycles. The third-order valence-electron chi connectivity index (χ3n) is 2.74. The molecule has 2 nitrogen and oxygen atoms in total. The van der Waals surface area contributed by atoms with Crippen LogP contribution in [0.15, 0.2) is 36.4 Å². The van der Waals surface area contributed by atoms with E-state index in [0.717, 1.165) is 5.56 Å². The molecule has 0 unspecified atom stereocenters. The fourth-order valence-corrected chi connectivity index (χ4v) is 1.82. The molecule has 0 fully saturated rings. The molecule has 0 radical (unpaired) electrons. The van der Waals surface area contributed by atoms with Crippen molar-refractivity contribution in [3.8, 4) is 11.5 Å². The van der Waals surface area contributed by atoms with Crippen LogP contribution >= 0.6 is 11.6 Å². The van der Waals surface area contributed by atoms with Crippen molar-refractivity contribution >= 4 is 11.6 Å². The molecule has 2 rings (SSSR count). The highest BCUT2D eigenvalue weighted by Gasteiger charge is 2.10. The van der Waals surface area contributed by atoms with E-state index in [4.69, 9.17) is 16.3 Å². The lowest BCUT2D eigenvalue weighted by Gasteiger charge is -2.11. The van der Waals surface area contributed by atoms with Crippen LogP contribution in [0.3, 0.4) is 0 Å². The van der Waals surface area contributed by atoms with Crippen LogP contribution in [0.1, 0.15) is 24.2 Å². The number of aliphatic hydroxyl groups is 1. The Morgan fingerprint density at radius 2 is 1.89 bits per heavy atom. The zero-order valence-electron chi connectivity index (χ0n) is 10.7. The van der Waals surface area contributed by atoms with Crippen LogP contribution in [0.4, 0.5) is 4.39 Å². The zero-order chi connectivity index (χ0) is 14.0. The molecule has 0 bridgehead atoms. The number of hydrogen-bond donors (Lipinski definition) is 1. The van der Waals surface area contributed by atoms with Gasteiger partial charge in [-0.15, -0.1) is 0 Å². The highest BCUT2D eigenvalue weighted by Crippen LogP contribution is 2.32. The van der Waals surface area contributed by atoms with Gasteiger partial charge in [-0.05, 0) is 49.2 Å². The Hall–Kier alpha value is -1.58. The normalized spacial score (nSPS) is 12.3. The predicted molar refractivity (Wildman–Crippen MR) is 73.3 cm³/mol. The van der Waals surface area contributed by atoms with Crippen molar-refractivity contribution in [2.75, 3.05) is 0 Å². The second kappa shape index (κ2) is 5.59. The van der Waals surface area contributed by atoms with Gasteiger partial charge in [-0.2, -0.15) is 0 Å². The van der Waals surface area contributed by atoms with Crippen LogP contribution in [0, 0.1) is 12.7 Å². The van der Waals surface area contributed by atoms with Gasteiger partial charge in [-0.25, -0.2) is 4.39 Å². The Kier molecular flexibility index (Phi) is 4.08. The number of halogens is 2. The molecule has 4 heteroatoms. The monoisotopic (exact) mass is 280 g/mol. The Morgan fingerprint density at radius 3 is 2.53 bits per heavy atom. The zero-order valence-corrected chi connectivity index (χ0v) is 11.4. The molecule has 1 N–H and O–H groups in total. The first-order chi connectivity index (χ1) is 8.97. The average Bonchev–Trinajstić information content (AvgIpc) is 2.36. The van der Waals surface area contributed by atoms with E-state index < -0.39 is 11.9 Å². The summed E-state index contributed by atoms with van der Waals surface area (Å²) in [6.07, 6.45) is -0.717. The molecule has 0 aliphatic heterocycles. The van der Waals surface area contributed by atoms with Crippen molar-refractivity contribution in [3.05, 3.63) is 58.4 Å². The predicted octanol–water partition coefficient (Wildman–Crippen LogP) is 4.63. The minimum absolute atomic E-state index is 0.0805. The fourth-order valence-electron chi connectivity index (χ4n) is 1.67. The molecule has 0 amide bonds. The molecule has 0 aliphatic carbocycles. The quantitative estimate of drug-likeness (QED) is 0.888. The van der Waals surface area contributed by atoms with Crippen molar-refractivity contribution in [1.82, 2.24) is 0 Å². The summed E-state index contributed by atoms with van der Waals surface area (Å²) >= 11 is 5.99. The molecule has 0 spiro atoms. The number of aryl methyl sites for hydroxylation is 1. The summed E-state index contributed by atoms with van der Waals surface area (Å²) in [7, 11) is 0. The van der Waals surface area contributed by atoms with E-state index in [1.807, 2.05) is 13.0 Å². The summed E-state index contributed by atoms with van der Waals surface area (Å²) in [6.45, 7) is 3.48. The number of aliphatic hydroxyl groups excluding tert-OH is 1. The second-order valence-electron chi connectivity index (χ2n) is 4.40. The highest BCUT2D eigenvalue weighted by molar-refractivity contribution is 6.32. The van der Waals surface area contributed by atoms with Crippen LogP contribution in [-0.4, -0.2) is 5.11 Å². The summed E-state index contributed by atoms with van der Waals surface area (Å²) < 4.78 is 19.3. The van der Waals surface area contributed by atoms with Crippen molar-refractivity contribution in [2.45, 2.75) is 20.0 Å². The second-order valence-corrected chi connectivity index (χ2v) is 4.81. The summed E-state index contributed by atoms with van der Waals surface area (Å²) in [6, 6.07) is 9.65. The lowest BCUT2D eigenvalue weighted by molar-refractivity contribution is 0.198. The largest absolute Gasteiger partial charge is 0.453 e. The van der Waals surface area contributed by atoms with Crippen LogP contribution in [0.2, 0.25) is 5.02 Å². The Morgan fingerprint density at radius 1 is 1.16 bits per heavy atom. The van der Waals surface area contributed by atoms with Crippen molar-refractivity contribution in [2.24, 2.45) is 0 Å². The molecule has 100 valence electrons. The van der Waals surface area contributed by atoms with E-state index in [-0.39, 0.29) is 5.75 Å². The molecule has 19 heavy (non-hydrogen) atoms. The minimum atomic E-state index is -0.717. The summed E-state index contributed by atoms with van der Waals surface area (Å²) in [4.78, 5) is 0. The van der Waals surface area contributed by atoms with Gasteiger partial charge < -0.3 is 9.84 Å². The number of benzene rings is 2. The third-order valence-corrected chi connectivity index (χ3v) is 3.06. The van der Waals surface area contributed by atoms with E-state index in [2.05, 4.69) is 0 Å². The molecule has 2 aromatic rings. The third kappa shape index (κ3) is 3.25. The lowest BCUT2D eigenvalue weighted by atomic mass is 10.1. The molecule has 0 saturated carbocycles. The summed E-state index contributed by atoms with van der Waals surface area (Å²) in [5, 5.41) is 9.80. The topological polar surface area (TPSA) is 29.5 Å². The summed E-state index contributed by atoms with van der Waals surface area (Å²) in [5.74, 6) is -0.0433. The van der Waals surface area contributed by atoms with Gasteiger partial charge in [0.25, 0.3) is 0 Å². The van der Waals surface area contributed by atoms with Gasteiger partial charge in [0, 0.05) is 0 Å². The lowest BCUT2D eigenvalue weighted by Crippen LogP contribution is -1.95. The Balaban J connectivity index is 2.31. The summed E-state index contributed by atoms with van der Waals surface area (Å²) in [5.41, 5.74) is 1.47. The maximum absolute atomic E-state index is 13.8. The molecular weight excluding hydrogens is 267 g/mol. The van der Waals surface area contributed by atoms with Gasteiger partial charge in [0.1, 0.15) is 5.75 Å². The number of ether oxygens (including phenoxy) is 1. The molecule has 1 atom stereocenters. The minimum Gasteiger partial charge on any atom is -0.453 e. The molecule has 0 aromatic heterocycles. The first-order valence-corrected chi connectivity index (χ1v) is 6.26. The average molecular weight is 281 g/mol. The van der Waals surface area contributed by atoms with Crippen molar-refractivity contribution in [3.63, 3.8) is 0 Å². The van der Waals surface area contributed by atoms with Gasteiger partial charge in [-0.3, -0.25) is 0 Å².